The Hall–Kier alpha value is -2.54. The van der Waals surface area contributed by atoms with Crippen molar-refractivity contribution in [3.63, 3.8) is 0 Å². The quantitative estimate of drug-likeness (QED) is 0.582. The van der Waals surface area contributed by atoms with Crippen molar-refractivity contribution in [1.82, 2.24) is 5.27 Å². The zero-order valence-electron chi connectivity index (χ0n) is 11.8. The molecule has 1 N–H and O–H groups in total. The molecule has 1 heterocycles. The molecule has 0 atom stereocenters. The standard InChI is InChI=1S/C15H13N3O3S/c1-18-14(15(20)21-17-18)22-9-13(19)16-12-7-6-10-4-2-3-5-11(10)8-12/h2-8H,9H2,1H3,(H-,16,17,19,20). The third kappa shape index (κ3) is 3.04. The predicted octanol–water partition coefficient (Wildman–Crippen LogP) is 1.46. The second-order valence-electron chi connectivity index (χ2n) is 4.69. The zero-order valence-corrected chi connectivity index (χ0v) is 12.6. The van der Waals surface area contributed by atoms with Crippen LogP contribution in [0.3, 0.4) is 0 Å². The molecule has 0 aliphatic heterocycles. The number of nitrogens with zero attached hydrogens (tertiary/aromatic N) is 2. The lowest BCUT2D eigenvalue weighted by Crippen LogP contribution is -2.32. The van der Waals surface area contributed by atoms with Gasteiger partial charge < -0.3 is 14.9 Å². The summed E-state index contributed by atoms with van der Waals surface area (Å²) < 4.78 is 5.81. The first-order valence-corrected chi connectivity index (χ1v) is 7.56. The molecule has 6 nitrogen and oxygen atoms in total. The lowest BCUT2D eigenvalue weighted by molar-refractivity contribution is -0.772. The third-order valence-corrected chi connectivity index (χ3v) is 4.20. The largest absolute Gasteiger partial charge is 0.538 e. The summed E-state index contributed by atoms with van der Waals surface area (Å²) in [7, 11) is 1.59. The Morgan fingerprint density at radius 2 is 2.09 bits per heavy atom. The molecule has 112 valence electrons. The van der Waals surface area contributed by atoms with E-state index in [9.17, 15) is 9.90 Å². The Kier molecular flexibility index (Phi) is 3.97. The van der Waals surface area contributed by atoms with Gasteiger partial charge in [-0.25, -0.2) is 0 Å². The topological polar surface area (TPSA) is 82.1 Å². The van der Waals surface area contributed by atoms with Crippen molar-refractivity contribution >= 4 is 34.1 Å². The van der Waals surface area contributed by atoms with Crippen molar-refractivity contribution in [2.45, 2.75) is 5.03 Å². The van der Waals surface area contributed by atoms with Crippen LogP contribution in [0.2, 0.25) is 0 Å². The summed E-state index contributed by atoms with van der Waals surface area (Å²) in [5, 5.41) is 20.1. The molecule has 0 aliphatic rings. The number of benzene rings is 2. The van der Waals surface area contributed by atoms with E-state index in [1.165, 1.54) is 4.68 Å². The van der Waals surface area contributed by atoms with E-state index >= 15 is 0 Å². The molecular formula is C15H13N3O3S. The molecule has 1 amide bonds. The number of fused-ring (bicyclic) bond motifs is 1. The minimum absolute atomic E-state index is 0.108. The van der Waals surface area contributed by atoms with Crippen molar-refractivity contribution in [3.05, 3.63) is 42.5 Å². The molecule has 7 heteroatoms. The fourth-order valence-electron chi connectivity index (χ4n) is 2.06. The SMILES string of the molecule is C[n+]1noc([O-])c1SCC(=O)Nc1ccc2ccccc2c1. The molecule has 2 aromatic carbocycles. The van der Waals surface area contributed by atoms with Gasteiger partial charge in [0.15, 0.2) is 13.0 Å². The van der Waals surface area contributed by atoms with Crippen LogP contribution in [0.4, 0.5) is 5.69 Å². The Balaban J connectivity index is 1.65. The number of carbonyl (C=O) groups excluding carboxylic acids is 1. The minimum Gasteiger partial charge on any atom is -0.538 e. The normalized spacial score (nSPS) is 10.8. The zero-order chi connectivity index (χ0) is 15.5. The molecule has 0 fully saturated rings. The smallest absolute Gasteiger partial charge is 0.291 e. The first-order chi connectivity index (χ1) is 10.6. The van der Waals surface area contributed by atoms with E-state index in [0.29, 0.717) is 5.03 Å². The van der Waals surface area contributed by atoms with Crippen LogP contribution in [-0.2, 0) is 11.8 Å². The summed E-state index contributed by atoms with van der Waals surface area (Å²) in [6.45, 7) is 0. The maximum Gasteiger partial charge on any atom is 0.291 e. The van der Waals surface area contributed by atoms with Crippen molar-refractivity contribution in [1.29, 1.82) is 0 Å². The number of aryl methyl sites for hydroxylation is 1. The highest BCUT2D eigenvalue weighted by atomic mass is 32.2. The van der Waals surface area contributed by atoms with Crippen LogP contribution in [0, 0.1) is 0 Å². The van der Waals surface area contributed by atoms with Crippen LogP contribution >= 0.6 is 11.8 Å². The molecule has 0 aliphatic carbocycles. The average Bonchev–Trinajstić information content (AvgIpc) is 2.84. The number of thioether (sulfide) groups is 1. The fraction of sp³-hybridized carbons (Fsp3) is 0.133. The van der Waals surface area contributed by atoms with E-state index in [4.69, 9.17) is 0 Å². The van der Waals surface area contributed by atoms with Gasteiger partial charge in [0.2, 0.25) is 5.91 Å². The summed E-state index contributed by atoms with van der Waals surface area (Å²) in [4.78, 5) is 12.0. The van der Waals surface area contributed by atoms with Gasteiger partial charge in [-0.05, 0) is 34.7 Å². The van der Waals surface area contributed by atoms with Crippen LogP contribution in [-0.4, -0.2) is 16.9 Å². The van der Waals surface area contributed by atoms with E-state index < -0.39 is 5.95 Å². The van der Waals surface area contributed by atoms with Gasteiger partial charge in [-0.15, -0.1) is 0 Å². The summed E-state index contributed by atoms with van der Waals surface area (Å²) in [5.41, 5.74) is 0.723. The van der Waals surface area contributed by atoms with Gasteiger partial charge in [0.1, 0.15) is 0 Å². The second kappa shape index (κ2) is 6.07. The minimum atomic E-state index is -0.536. The molecule has 1 aromatic heterocycles. The molecule has 0 spiro atoms. The van der Waals surface area contributed by atoms with Crippen molar-refractivity contribution in [2.75, 3.05) is 11.1 Å². The maximum atomic E-state index is 12.0. The number of carbonyl (C=O) groups is 1. The summed E-state index contributed by atoms with van der Waals surface area (Å²) >= 11 is 1.09. The lowest BCUT2D eigenvalue weighted by atomic mass is 10.1. The third-order valence-electron chi connectivity index (χ3n) is 3.09. The van der Waals surface area contributed by atoms with Gasteiger partial charge in [0.25, 0.3) is 5.03 Å². The Bertz CT molecular complexity index is 812. The number of hydrogen-bond donors (Lipinski definition) is 1. The fourth-order valence-corrected chi connectivity index (χ4v) is 2.77. The first-order valence-electron chi connectivity index (χ1n) is 6.58. The van der Waals surface area contributed by atoms with E-state index in [0.717, 1.165) is 28.2 Å². The van der Waals surface area contributed by atoms with Gasteiger partial charge in [-0.1, -0.05) is 35.0 Å². The van der Waals surface area contributed by atoms with Crippen LogP contribution < -0.4 is 15.1 Å². The van der Waals surface area contributed by atoms with Crippen molar-refractivity contribution in [2.24, 2.45) is 7.05 Å². The lowest BCUT2D eigenvalue weighted by Gasteiger charge is -2.05. The van der Waals surface area contributed by atoms with Crippen molar-refractivity contribution < 1.29 is 19.1 Å². The van der Waals surface area contributed by atoms with Gasteiger partial charge >= 0.3 is 0 Å². The summed E-state index contributed by atoms with van der Waals surface area (Å²) in [5.74, 6) is -0.621. The van der Waals surface area contributed by atoms with E-state index in [-0.39, 0.29) is 11.7 Å². The highest BCUT2D eigenvalue weighted by molar-refractivity contribution is 7.99. The Morgan fingerprint density at radius 3 is 2.82 bits per heavy atom. The van der Waals surface area contributed by atoms with Crippen LogP contribution in [0.5, 0.6) is 5.95 Å². The molecule has 22 heavy (non-hydrogen) atoms. The number of aromatic nitrogens is 2. The van der Waals surface area contributed by atoms with Crippen LogP contribution in [0.1, 0.15) is 0 Å². The van der Waals surface area contributed by atoms with Gasteiger partial charge in [0, 0.05) is 5.69 Å². The van der Waals surface area contributed by atoms with E-state index in [1.54, 1.807) is 7.05 Å². The number of anilines is 1. The molecule has 0 unspecified atom stereocenters. The molecule has 3 aromatic rings. The van der Waals surface area contributed by atoms with Crippen LogP contribution in [0.25, 0.3) is 10.8 Å². The summed E-state index contributed by atoms with van der Waals surface area (Å²) in [6, 6.07) is 13.6. The highest BCUT2D eigenvalue weighted by Crippen LogP contribution is 2.22. The van der Waals surface area contributed by atoms with Gasteiger partial charge in [0.05, 0.1) is 11.0 Å². The van der Waals surface area contributed by atoms with Crippen LogP contribution in [0.15, 0.2) is 52.0 Å². The molecule has 0 saturated carbocycles. The number of amides is 1. The number of rotatable bonds is 4. The maximum absolute atomic E-state index is 12.0. The van der Waals surface area contributed by atoms with Gasteiger partial charge in [-0.2, -0.15) is 0 Å². The Labute approximate surface area is 130 Å². The number of nitrogens with one attached hydrogen (secondary N) is 1. The molecule has 0 bridgehead atoms. The molecular weight excluding hydrogens is 302 g/mol. The predicted molar refractivity (Wildman–Crippen MR) is 80.4 cm³/mol. The summed E-state index contributed by atoms with van der Waals surface area (Å²) in [6.07, 6.45) is 0. The van der Waals surface area contributed by atoms with Crippen molar-refractivity contribution in [3.8, 4) is 5.95 Å². The number of hydrogen-bond acceptors (Lipinski definition) is 5. The first kappa shape index (κ1) is 14.4. The average molecular weight is 315 g/mol. The highest BCUT2D eigenvalue weighted by Gasteiger charge is 2.16. The van der Waals surface area contributed by atoms with E-state index in [1.807, 2.05) is 42.5 Å². The van der Waals surface area contributed by atoms with E-state index in [2.05, 4.69) is 15.1 Å². The monoisotopic (exact) mass is 315 g/mol. The second-order valence-corrected chi connectivity index (χ2v) is 5.65. The Morgan fingerprint density at radius 1 is 1.32 bits per heavy atom. The molecule has 0 radical (unpaired) electrons. The van der Waals surface area contributed by atoms with Gasteiger partial charge in [-0.3, -0.25) is 4.79 Å². The molecule has 3 rings (SSSR count). The molecule has 0 saturated heterocycles.